The first kappa shape index (κ1) is 19.5. The third-order valence-electron chi connectivity index (χ3n) is 3.50. The summed E-state index contributed by atoms with van der Waals surface area (Å²) in [6, 6.07) is 10.0. The Balaban J connectivity index is 2.03. The van der Waals surface area contributed by atoms with Gasteiger partial charge in [-0.2, -0.15) is 4.31 Å². The Morgan fingerprint density at radius 1 is 1.12 bits per heavy atom. The van der Waals surface area contributed by atoms with E-state index < -0.39 is 20.0 Å². The van der Waals surface area contributed by atoms with Crippen molar-refractivity contribution in [2.75, 3.05) is 19.3 Å². The van der Waals surface area contributed by atoms with E-state index in [0.717, 1.165) is 17.4 Å². The van der Waals surface area contributed by atoms with Crippen molar-refractivity contribution >= 4 is 20.0 Å². The second kappa shape index (κ2) is 8.05. The van der Waals surface area contributed by atoms with E-state index >= 15 is 0 Å². The average molecular weight is 383 g/mol. The van der Waals surface area contributed by atoms with Crippen LogP contribution in [0.25, 0.3) is 0 Å². The highest BCUT2D eigenvalue weighted by atomic mass is 32.2. The molecule has 2 aromatic rings. The molecule has 1 aromatic heterocycles. The van der Waals surface area contributed by atoms with Crippen LogP contribution in [0.1, 0.15) is 11.1 Å². The molecule has 0 unspecified atom stereocenters. The number of pyridine rings is 1. The van der Waals surface area contributed by atoms with Gasteiger partial charge in [0, 0.05) is 32.0 Å². The number of hydrogen-bond donors (Lipinski definition) is 1. The molecule has 136 valence electrons. The lowest BCUT2D eigenvalue weighted by atomic mass is 10.2. The van der Waals surface area contributed by atoms with Gasteiger partial charge >= 0.3 is 0 Å². The van der Waals surface area contributed by atoms with Crippen LogP contribution in [0, 0.1) is 6.92 Å². The van der Waals surface area contributed by atoms with Crippen LogP contribution < -0.4 is 4.72 Å². The van der Waals surface area contributed by atoms with Crippen LogP contribution in [-0.4, -0.2) is 45.5 Å². The maximum Gasteiger partial charge on any atom is 0.240 e. The number of hydrogen-bond acceptors (Lipinski definition) is 5. The van der Waals surface area contributed by atoms with E-state index in [-0.39, 0.29) is 24.5 Å². The molecule has 1 aromatic carbocycles. The van der Waals surface area contributed by atoms with E-state index in [9.17, 15) is 16.8 Å². The van der Waals surface area contributed by atoms with Gasteiger partial charge in [0.25, 0.3) is 0 Å². The Morgan fingerprint density at radius 2 is 1.88 bits per heavy atom. The monoisotopic (exact) mass is 383 g/mol. The summed E-state index contributed by atoms with van der Waals surface area (Å²) in [6.45, 7) is 1.94. The van der Waals surface area contributed by atoms with Crippen molar-refractivity contribution in [2.45, 2.75) is 18.4 Å². The fraction of sp³-hybridized carbons (Fsp3) is 0.312. The van der Waals surface area contributed by atoms with Crippen molar-refractivity contribution < 1.29 is 16.8 Å². The summed E-state index contributed by atoms with van der Waals surface area (Å²) in [5.74, 6) is 0. The molecular formula is C16H21N3O4S2. The molecule has 0 spiro atoms. The summed E-state index contributed by atoms with van der Waals surface area (Å²) >= 11 is 0. The van der Waals surface area contributed by atoms with Gasteiger partial charge in [-0.05, 0) is 36.2 Å². The highest BCUT2D eigenvalue weighted by Crippen LogP contribution is 2.11. The lowest BCUT2D eigenvalue weighted by molar-refractivity contribution is 0.412. The van der Waals surface area contributed by atoms with Gasteiger partial charge in [0.15, 0.2) is 0 Å². The summed E-state index contributed by atoms with van der Waals surface area (Å²) in [4.78, 5) is 4.11. The van der Waals surface area contributed by atoms with Gasteiger partial charge in [-0.25, -0.2) is 21.6 Å². The zero-order valence-corrected chi connectivity index (χ0v) is 15.7. The van der Waals surface area contributed by atoms with Crippen molar-refractivity contribution in [2.24, 2.45) is 0 Å². The highest BCUT2D eigenvalue weighted by molar-refractivity contribution is 7.89. The molecule has 7 nitrogen and oxygen atoms in total. The molecule has 0 saturated carbocycles. The first-order valence-corrected chi connectivity index (χ1v) is 10.9. The van der Waals surface area contributed by atoms with E-state index in [2.05, 4.69) is 9.71 Å². The fourth-order valence-electron chi connectivity index (χ4n) is 2.23. The third-order valence-corrected chi connectivity index (χ3v) is 6.21. The largest absolute Gasteiger partial charge is 0.264 e. The lowest BCUT2D eigenvalue weighted by Crippen LogP contribution is -2.37. The number of nitrogens with one attached hydrogen (secondary N) is 1. The van der Waals surface area contributed by atoms with Crippen molar-refractivity contribution in [3.63, 3.8) is 0 Å². The first-order valence-electron chi connectivity index (χ1n) is 7.59. The molecule has 25 heavy (non-hydrogen) atoms. The minimum atomic E-state index is -3.68. The minimum Gasteiger partial charge on any atom is -0.264 e. The van der Waals surface area contributed by atoms with Gasteiger partial charge < -0.3 is 0 Å². The predicted molar refractivity (Wildman–Crippen MR) is 95.9 cm³/mol. The van der Waals surface area contributed by atoms with Gasteiger partial charge in [0.2, 0.25) is 20.0 Å². The predicted octanol–water partition coefficient (Wildman–Crippen LogP) is 1.13. The molecule has 9 heteroatoms. The van der Waals surface area contributed by atoms with E-state index in [1.807, 2.05) is 0 Å². The summed E-state index contributed by atoms with van der Waals surface area (Å²) < 4.78 is 52.1. The molecule has 1 heterocycles. The van der Waals surface area contributed by atoms with Crippen LogP contribution in [0.2, 0.25) is 0 Å². The van der Waals surface area contributed by atoms with Crippen LogP contribution in [-0.2, 0) is 26.6 Å². The van der Waals surface area contributed by atoms with Crippen LogP contribution in [0.4, 0.5) is 0 Å². The van der Waals surface area contributed by atoms with Crippen molar-refractivity contribution in [3.05, 3.63) is 59.9 Å². The number of rotatable bonds is 8. The standard InChI is InChI=1S/C16H21N3O4S2/c1-14-5-3-7-16(11-14)25(22,23)18-9-10-19(24(2,20)21)13-15-6-4-8-17-12-15/h3-8,11-12,18H,9-10,13H2,1-2H3. The second-order valence-corrected chi connectivity index (χ2v) is 9.42. The van der Waals surface area contributed by atoms with Gasteiger partial charge in [0.1, 0.15) is 0 Å². The maximum atomic E-state index is 12.3. The zero-order chi connectivity index (χ0) is 18.5. The Morgan fingerprint density at radius 3 is 2.48 bits per heavy atom. The van der Waals surface area contributed by atoms with Gasteiger partial charge in [-0.1, -0.05) is 18.2 Å². The number of benzene rings is 1. The van der Waals surface area contributed by atoms with Gasteiger partial charge in [0.05, 0.1) is 11.2 Å². The molecule has 1 N–H and O–H groups in total. The summed E-state index contributed by atoms with van der Waals surface area (Å²) in [7, 11) is -7.16. The number of nitrogens with zero attached hydrogens (tertiary/aromatic N) is 2. The molecule has 0 fully saturated rings. The molecule has 0 aliphatic carbocycles. The quantitative estimate of drug-likeness (QED) is 0.737. The van der Waals surface area contributed by atoms with Crippen molar-refractivity contribution in [3.8, 4) is 0 Å². The third kappa shape index (κ3) is 5.89. The smallest absolute Gasteiger partial charge is 0.240 e. The summed E-state index contributed by atoms with van der Waals surface area (Å²) in [5.41, 5.74) is 1.56. The van der Waals surface area contributed by atoms with Gasteiger partial charge in [-0.15, -0.1) is 0 Å². The van der Waals surface area contributed by atoms with Crippen LogP contribution >= 0.6 is 0 Å². The van der Waals surface area contributed by atoms with E-state index in [1.165, 1.54) is 10.4 Å². The zero-order valence-electron chi connectivity index (χ0n) is 14.1. The molecular weight excluding hydrogens is 362 g/mol. The SMILES string of the molecule is Cc1cccc(S(=O)(=O)NCCN(Cc2cccnc2)S(C)(=O)=O)c1. The Hall–Kier alpha value is -1.81. The Kier molecular flexibility index (Phi) is 6.28. The molecule has 0 saturated heterocycles. The van der Waals surface area contributed by atoms with E-state index in [0.29, 0.717) is 0 Å². The van der Waals surface area contributed by atoms with Gasteiger partial charge in [-0.3, -0.25) is 4.98 Å². The average Bonchev–Trinajstić information content (AvgIpc) is 2.54. The summed E-state index contributed by atoms with van der Waals surface area (Å²) in [6.07, 6.45) is 4.28. The normalized spacial score (nSPS) is 12.4. The Bertz CT molecular complexity index is 913. The lowest BCUT2D eigenvalue weighted by Gasteiger charge is -2.20. The summed E-state index contributed by atoms with van der Waals surface area (Å²) in [5, 5.41) is 0. The van der Waals surface area contributed by atoms with Crippen molar-refractivity contribution in [1.29, 1.82) is 0 Å². The first-order chi connectivity index (χ1) is 11.7. The molecule has 0 bridgehead atoms. The topological polar surface area (TPSA) is 96.4 Å². The maximum absolute atomic E-state index is 12.3. The second-order valence-electron chi connectivity index (χ2n) is 5.67. The molecule has 2 rings (SSSR count). The molecule has 0 aliphatic rings. The number of aryl methyl sites for hydroxylation is 1. The molecule has 0 amide bonds. The number of sulfonamides is 2. The van der Waals surface area contributed by atoms with Crippen LogP contribution in [0.3, 0.4) is 0 Å². The molecule has 0 aliphatic heterocycles. The highest BCUT2D eigenvalue weighted by Gasteiger charge is 2.19. The van der Waals surface area contributed by atoms with Crippen molar-refractivity contribution in [1.82, 2.24) is 14.0 Å². The van der Waals surface area contributed by atoms with Crippen LogP contribution in [0.5, 0.6) is 0 Å². The fourth-order valence-corrected chi connectivity index (χ4v) is 4.16. The van der Waals surface area contributed by atoms with E-state index in [1.54, 1.807) is 49.6 Å². The van der Waals surface area contributed by atoms with E-state index in [4.69, 9.17) is 0 Å². The number of aromatic nitrogens is 1. The minimum absolute atomic E-state index is 0.0242. The molecule has 0 atom stereocenters. The Labute approximate surface area is 148 Å². The van der Waals surface area contributed by atoms with Crippen LogP contribution in [0.15, 0.2) is 53.7 Å². The molecule has 0 radical (unpaired) electrons.